The van der Waals surface area contributed by atoms with Crippen LogP contribution in [0.3, 0.4) is 0 Å². The van der Waals surface area contributed by atoms with Crippen molar-refractivity contribution in [2.24, 2.45) is 0 Å². The van der Waals surface area contributed by atoms with Crippen LogP contribution in [0, 0.1) is 0 Å². The molecular formula is C17H21N3O2S. The number of hydrogen-bond donors (Lipinski definition) is 3. The first-order valence-electron chi connectivity index (χ1n) is 7.61. The van der Waals surface area contributed by atoms with Gasteiger partial charge in [0.25, 0.3) is 0 Å². The number of thiophene rings is 1. The fraction of sp³-hybridized carbons (Fsp3) is 0.294. The Morgan fingerprint density at radius 2 is 1.96 bits per heavy atom. The van der Waals surface area contributed by atoms with Gasteiger partial charge in [0, 0.05) is 17.1 Å². The van der Waals surface area contributed by atoms with Gasteiger partial charge in [-0.25, -0.2) is 4.79 Å². The summed E-state index contributed by atoms with van der Waals surface area (Å²) in [6, 6.07) is 11.3. The van der Waals surface area contributed by atoms with Crippen LogP contribution in [0.1, 0.15) is 17.4 Å². The maximum absolute atomic E-state index is 11.8. The Balaban J connectivity index is 1.68. The average Bonchev–Trinajstić information content (AvgIpc) is 3.06. The molecule has 5 nitrogen and oxygen atoms in total. The van der Waals surface area contributed by atoms with Crippen LogP contribution in [-0.4, -0.2) is 25.0 Å². The molecule has 0 unspecified atom stereocenters. The molecule has 0 spiro atoms. The quantitative estimate of drug-likeness (QED) is 0.731. The first-order chi connectivity index (χ1) is 11.2. The highest BCUT2D eigenvalue weighted by atomic mass is 32.1. The van der Waals surface area contributed by atoms with Crippen molar-refractivity contribution in [1.29, 1.82) is 0 Å². The Morgan fingerprint density at radius 1 is 1.13 bits per heavy atom. The summed E-state index contributed by atoms with van der Waals surface area (Å²) in [4.78, 5) is 24.6. The Bertz CT molecular complexity index is 641. The molecule has 3 amide bonds. The number of para-hydroxylation sites is 1. The van der Waals surface area contributed by atoms with Crippen molar-refractivity contribution < 1.29 is 9.59 Å². The van der Waals surface area contributed by atoms with Crippen LogP contribution in [0.4, 0.5) is 10.5 Å². The highest BCUT2D eigenvalue weighted by Gasteiger charge is 2.08. The third-order valence-electron chi connectivity index (χ3n) is 3.33. The zero-order valence-corrected chi connectivity index (χ0v) is 13.9. The number of benzene rings is 1. The van der Waals surface area contributed by atoms with Crippen LogP contribution in [0.15, 0.2) is 41.8 Å². The van der Waals surface area contributed by atoms with E-state index in [1.165, 1.54) is 4.88 Å². The number of carbonyl (C=O) groups excluding carboxylic acids is 2. The van der Waals surface area contributed by atoms with Crippen molar-refractivity contribution in [1.82, 2.24) is 10.6 Å². The molecule has 1 aromatic heterocycles. The summed E-state index contributed by atoms with van der Waals surface area (Å²) in [6.07, 6.45) is 1.65. The largest absolute Gasteiger partial charge is 0.376 e. The third-order valence-corrected chi connectivity index (χ3v) is 4.26. The molecule has 0 saturated carbocycles. The molecule has 0 aliphatic carbocycles. The number of imide groups is 1. The Kier molecular flexibility index (Phi) is 6.62. The predicted molar refractivity (Wildman–Crippen MR) is 93.9 cm³/mol. The topological polar surface area (TPSA) is 70.2 Å². The van der Waals surface area contributed by atoms with Gasteiger partial charge in [0.2, 0.25) is 5.91 Å². The molecule has 0 bridgehead atoms. The summed E-state index contributed by atoms with van der Waals surface area (Å²) in [7, 11) is 0. The van der Waals surface area contributed by atoms with Crippen LogP contribution in [0.25, 0.3) is 0 Å². The summed E-state index contributed by atoms with van der Waals surface area (Å²) in [5.41, 5.74) is 2.06. The van der Waals surface area contributed by atoms with E-state index in [9.17, 15) is 9.59 Å². The summed E-state index contributed by atoms with van der Waals surface area (Å²) in [6.45, 7) is 2.63. The molecule has 3 N–H and O–H groups in total. The second-order valence-corrected chi connectivity index (χ2v) is 6.03. The fourth-order valence-corrected chi connectivity index (χ4v) is 2.85. The lowest BCUT2D eigenvalue weighted by Crippen LogP contribution is -2.42. The highest BCUT2D eigenvalue weighted by molar-refractivity contribution is 7.09. The molecule has 0 atom stereocenters. The van der Waals surface area contributed by atoms with Crippen LogP contribution in [0.5, 0.6) is 0 Å². The SMILES string of the molecule is CCc1ccccc1NCC(=O)NC(=O)NCCc1cccs1. The number of aryl methyl sites for hydroxylation is 1. The lowest BCUT2D eigenvalue weighted by atomic mass is 10.1. The first kappa shape index (κ1) is 17.0. The molecule has 0 radical (unpaired) electrons. The number of carbonyl (C=O) groups is 2. The number of amides is 3. The number of anilines is 1. The van der Waals surface area contributed by atoms with Gasteiger partial charge in [-0.05, 0) is 35.9 Å². The number of nitrogens with one attached hydrogen (secondary N) is 3. The Hall–Kier alpha value is -2.34. The van der Waals surface area contributed by atoms with E-state index in [4.69, 9.17) is 0 Å². The molecule has 2 rings (SSSR count). The molecule has 23 heavy (non-hydrogen) atoms. The normalized spacial score (nSPS) is 10.1. The van der Waals surface area contributed by atoms with Crippen LogP contribution < -0.4 is 16.0 Å². The fourth-order valence-electron chi connectivity index (χ4n) is 2.15. The number of rotatable bonds is 7. The molecule has 0 fully saturated rings. The maximum atomic E-state index is 11.8. The van der Waals surface area contributed by atoms with Gasteiger partial charge in [-0.2, -0.15) is 0 Å². The lowest BCUT2D eigenvalue weighted by molar-refractivity contribution is -0.118. The zero-order valence-electron chi connectivity index (χ0n) is 13.1. The van der Waals surface area contributed by atoms with E-state index in [-0.39, 0.29) is 12.5 Å². The van der Waals surface area contributed by atoms with Gasteiger partial charge in [-0.3, -0.25) is 10.1 Å². The lowest BCUT2D eigenvalue weighted by Gasteiger charge is -2.11. The highest BCUT2D eigenvalue weighted by Crippen LogP contribution is 2.14. The van der Waals surface area contributed by atoms with E-state index in [1.807, 2.05) is 41.8 Å². The molecule has 1 aromatic carbocycles. The van der Waals surface area contributed by atoms with Gasteiger partial charge in [0.15, 0.2) is 0 Å². The van der Waals surface area contributed by atoms with Crippen molar-refractivity contribution >= 4 is 29.0 Å². The standard InChI is InChI=1S/C17H21N3O2S/c1-2-13-6-3-4-8-15(13)19-12-16(21)20-17(22)18-10-9-14-7-5-11-23-14/h3-8,11,19H,2,9-10,12H2,1H3,(H2,18,20,21,22). The monoisotopic (exact) mass is 331 g/mol. The molecule has 0 saturated heterocycles. The van der Waals surface area contributed by atoms with E-state index in [2.05, 4.69) is 22.9 Å². The Morgan fingerprint density at radius 3 is 2.70 bits per heavy atom. The maximum Gasteiger partial charge on any atom is 0.321 e. The molecule has 1 heterocycles. The van der Waals surface area contributed by atoms with Crippen LogP contribution in [0.2, 0.25) is 0 Å². The third kappa shape index (κ3) is 5.75. The van der Waals surface area contributed by atoms with E-state index < -0.39 is 6.03 Å². The summed E-state index contributed by atoms with van der Waals surface area (Å²) < 4.78 is 0. The number of hydrogen-bond acceptors (Lipinski definition) is 4. The molecule has 122 valence electrons. The Labute approximate surface area is 140 Å². The van der Waals surface area contributed by atoms with Gasteiger partial charge in [-0.15, -0.1) is 11.3 Å². The van der Waals surface area contributed by atoms with Crippen LogP contribution >= 0.6 is 11.3 Å². The zero-order chi connectivity index (χ0) is 16.5. The minimum Gasteiger partial charge on any atom is -0.376 e. The smallest absolute Gasteiger partial charge is 0.321 e. The first-order valence-corrected chi connectivity index (χ1v) is 8.49. The van der Waals surface area contributed by atoms with Gasteiger partial charge in [-0.1, -0.05) is 31.2 Å². The van der Waals surface area contributed by atoms with Crippen LogP contribution in [-0.2, 0) is 17.6 Å². The van der Waals surface area contributed by atoms with Crippen molar-refractivity contribution in [3.63, 3.8) is 0 Å². The predicted octanol–water partition coefficient (Wildman–Crippen LogP) is 2.79. The molecule has 0 aliphatic rings. The summed E-state index contributed by atoms with van der Waals surface area (Å²) in [5.74, 6) is -0.357. The number of urea groups is 1. The van der Waals surface area contributed by atoms with Gasteiger partial charge in [0.1, 0.15) is 0 Å². The van der Waals surface area contributed by atoms with Gasteiger partial charge < -0.3 is 10.6 Å². The average molecular weight is 331 g/mol. The summed E-state index contributed by atoms with van der Waals surface area (Å²) >= 11 is 1.65. The van der Waals surface area contributed by atoms with Crippen molar-refractivity contribution in [3.8, 4) is 0 Å². The van der Waals surface area contributed by atoms with E-state index >= 15 is 0 Å². The minimum atomic E-state index is -0.461. The van der Waals surface area contributed by atoms with Crippen molar-refractivity contribution in [2.45, 2.75) is 19.8 Å². The second-order valence-electron chi connectivity index (χ2n) is 5.00. The molecular weight excluding hydrogens is 310 g/mol. The summed E-state index contributed by atoms with van der Waals surface area (Å²) in [5, 5.41) is 10.1. The van der Waals surface area contributed by atoms with E-state index in [0.717, 1.165) is 24.1 Å². The minimum absolute atomic E-state index is 0.0648. The van der Waals surface area contributed by atoms with Crippen molar-refractivity contribution in [2.75, 3.05) is 18.4 Å². The molecule has 0 aliphatic heterocycles. The second kappa shape index (κ2) is 8.95. The van der Waals surface area contributed by atoms with E-state index in [1.54, 1.807) is 11.3 Å². The van der Waals surface area contributed by atoms with E-state index in [0.29, 0.717) is 6.54 Å². The van der Waals surface area contributed by atoms with Crippen molar-refractivity contribution in [3.05, 3.63) is 52.2 Å². The van der Waals surface area contributed by atoms with Gasteiger partial charge in [0.05, 0.1) is 6.54 Å². The molecule has 6 heteroatoms. The van der Waals surface area contributed by atoms with Gasteiger partial charge >= 0.3 is 6.03 Å². The molecule has 2 aromatic rings.